The lowest BCUT2D eigenvalue weighted by molar-refractivity contribution is -0.0827. The highest BCUT2D eigenvalue weighted by molar-refractivity contribution is 6.36. The highest BCUT2D eigenvalue weighted by Gasteiger charge is 2.07. The highest BCUT2D eigenvalue weighted by atomic mass is 28.2. The molecule has 0 aromatic carbocycles. The molecule has 0 amide bonds. The van der Waals surface area contributed by atoms with Crippen LogP contribution in [0.3, 0.4) is 0 Å². The standard InChI is InChI=1S/C12H31N3O2Si/c1-3-16-12(17-4-2)18-11-5-7-14-9-10-15-8-6-13/h12,14-15H,3-11,13,18H2,1-2H3. The largest absolute Gasteiger partial charge is 0.357 e. The average molecular weight is 277 g/mol. The predicted octanol–water partition coefficient (Wildman–Crippen LogP) is -0.542. The highest BCUT2D eigenvalue weighted by Crippen LogP contribution is 1.98. The molecule has 0 rings (SSSR count). The van der Waals surface area contributed by atoms with E-state index in [-0.39, 0.29) is 15.4 Å². The molecule has 0 aromatic heterocycles. The molecular weight excluding hydrogens is 246 g/mol. The van der Waals surface area contributed by atoms with Gasteiger partial charge in [-0.25, -0.2) is 0 Å². The van der Waals surface area contributed by atoms with E-state index < -0.39 is 0 Å². The van der Waals surface area contributed by atoms with Gasteiger partial charge < -0.3 is 25.8 Å². The molecule has 0 aliphatic heterocycles. The van der Waals surface area contributed by atoms with Crippen LogP contribution in [0.5, 0.6) is 0 Å². The second kappa shape index (κ2) is 15.1. The Morgan fingerprint density at radius 1 is 1.00 bits per heavy atom. The third-order valence-corrected chi connectivity index (χ3v) is 4.40. The van der Waals surface area contributed by atoms with Crippen LogP contribution in [0.15, 0.2) is 0 Å². The lowest BCUT2D eigenvalue weighted by Crippen LogP contribution is -2.31. The Hall–Kier alpha value is 0.0169. The van der Waals surface area contributed by atoms with Crippen molar-refractivity contribution in [3.8, 4) is 0 Å². The van der Waals surface area contributed by atoms with Gasteiger partial charge in [0.1, 0.15) is 5.91 Å². The number of ether oxygens (including phenoxy) is 2. The van der Waals surface area contributed by atoms with E-state index >= 15 is 0 Å². The van der Waals surface area contributed by atoms with Crippen molar-refractivity contribution in [2.45, 2.75) is 32.2 Å². The molecule has 0 saturated carbocycles. The van der Waals surface area contributed by atoms with Gasteiger partial charge in [-0.3, -0.25) is 0 Å². The van der Waals surface area contributed by atoms with Crippen molar-refractivity contribution in [2.75, 3.05) is 45.9 Å². The van der Waals surface area contributed by atoms with Crippen LogP contribution in [0.4, 0.5) is 0 Å². The zero-order valence-electron chi connectivity index (χ0n) is 12.0. The van der Waals surface area contributed by atoms with Crippen molar-refractivity contribution >= 4 is 9.52 Å². The van der Waals surface area contributed by atoms with E-state index in [1.165, 1.54) is 12.5 Å². The normalized spacial score (nSPS) is 12.0. The van der Waals surface area contributed by atoms with Crippen molar-refractivity contribution in [1.29, 1.82) is 0 Å². The van der Waals surface area contributed by atoms with Gasteiger partial charge >= 0.3 is 0 Å². The van der Waals surface area contributed by atoms with Gasteiger partial charge in [0.2, 0.25) is 0 Å². The van der Waals surface area contributed by atoms with Crippen LogP contribution in [-0.2, 0) is 9.47 Å². The van der Waals surface area contributed by atoms with Crippen LogP contribution in [0.25, 0.3) is 0 Å². The number of nitrogens with two attached hydrogens (primary N) is 1. The van der Waals surface area contributed by atoms with Crippen molar-refractivity contribution < 1.29 is 9.47 Å². The fourth-order valence-corrected chi connectivity index (χ4v) is 3.35. The second-order valence-electron chi connectivity index (χ2n) is 4.12. The molecule has 4 N–H and O–H groups in total. The Kier molecular flexibility index (Phi) is 15.1. The molecule has 0 spiro atoms. The summed E-state index contributed by atoms with van der Waals surface area (Å²) in [5, 5.41) is 6.68. The maximum Gasteiger partial charge on any atom is 0.134 e. The van der Waals surface area contributed by atoms with Gasteiger partial charge in [-0.1, -0.05) is 6.04 Å². The first kappa shape index (κ1) is 18.0. The SMILES string of the molecule is CCOC(OCC)[SiH2]CCCNCCNCCN. The van der Waals surface area contributed by atoms with Crippen molar-refractivity contribution in [3.63, 3.8) is 0 Å². The van der Waals surface area contributed by atoms with Crippen LogP contribution >= 0.6 is 0 Å². The monoisotopic (exact) mass is 277 g/mol. The molecule has 5 nitrogen and oxygen atoms in total. The van der Waals surface area contributed by atoms with E-state index in [2.05, 4.69) is 10.6 Å². The van der Waals surface area contributed by atoms with Gasteiger partial charge in [0.05, 0.1) is 9.52 Å². The number of hydrogen-bond acceptors (Lipinski definition) is 5. The Morgan fingerprint density at radius 3 is 2.17 bits per heavy atom. The number of rotatable bonds is 14. The Bertz CT molecular complexity index is 158. The molecule has 0 aromatic rings. The fourth-order valence-electron chi connectivity index (χ4n) is 1.68. The molecule has 0 aliphatic rings. The van der Waals surface area contributed by atoms with Crippen LogP contribution in [-0.4, -0.2) is 61.4 Å². The van der Waals surface area contributed by atoms with E-state index in [0.29, 0.717) is 6.54 Å². The second-order valence-corrected chi connectivity index (χ2v) is 6.08. The van der Waals surface area contributed by atoms with Crippen LogP contribution in [0, 0.1) is 0 Å². The molecule has 0 heterocycles. The first-order valence-electron chi connectivity index (χ1n) is 7.19. The Balaban J connectivity index is 3.21. The zero-order chi connectivity index (χ0) is 13.5. The molecule has 0 atom stereocenters. The summed E-state index contributed by atoms with van der Waals surface area (Å²) in [6, 6.07) is 1.27. The van der Waals surface area contributed by atoms with Gasteiger partial charge in [-0.15, -0.1) is 0 Å². The minimum absolute atomic E-state index is 0.117. The van der Waals surface area contributed by atoms with E-state index in [1.54, 1.807) is 0 Å². The first-order valence-corrected chi connectivity index (χ1v) is 9.01. The maximum atomic E-state index is 5.55. The molecule has 0 saturated heterocycles. The molecule has 6 heteroatoms. The third kappa shape index (κ3) is 12.5. The van der Waals surface area contributed by atoms with Crippen molar-refractivity contribution in [1.82, 2.24) is 10.6 Å². The van der Waals surface area contributed by atoms with Crippen LogP contribution < -0.4 is 16.4 Å². The lowest BCUT2D eigenvalue weighted by Gasteiger charge is -2.16. The van der Waals surface area contributed by atoms with Gasteiger partial charge in [0.15, 0.2) is 0 Å². The molecule has 0 radical (unpaired) electrons. The summed E-state index contributed by atoms with van der Waals surface area (Å²) in [6.45, 7) is 10.3. The number of nitrogens with one attached hydrogen (secondary N) is 2. The summed E-state index contributed by atoms with van der Waals surface area (Å²) >= 11 is 0. The summed E-state index contributed by atoms with van der Waals surface area (Å²) in [5.74, 6) is 0.117. The first-order chi connectivity index (χ1) is 8.85. The average Bonchev–Trinajstić information content (AvgIpc) is 2.37. The van der Waals surface area contributed by atoms with E-state index in [4.69, 9.17) is 15.2 Å². The zero-order valence-corrected chi connectivity index (χ0v) is 13.5. The molecule has 0 unspecified atom stereocenters. The lowest BCUT2D eigenvalue weighted by atomic mass is 10.4. The van der Waals surface area contributed by atoms with Gasteiger partial charge in [0, 0.05) is 39.4 Å². The maximum absolute atomic E-state index is 5.55. The molecular formula is C12H31N3O2Si. The number of hydrogen-bond donors (Lipinski definition) is 3. The van der Waals surface area contributed by atoms with Gasteiger partial charge in [-0.05, 0) is 26.8 Å². The van der Waals surface area contributed by atoms with E-state index in [9.17, 15) is 0 Å². The third-order valence-electron chi connectivity index (χ3n) is 2.55. The topological polar surface area (TPSA) is 68.5 Å². The fraction of sp³-hybridized carbons (Fsp3) is 1.00. The van der Waals surface area contributed by atoms with Crippen molar-refractivity contribution in [3.05, 3.63) is 0 Å². The van der Waals surface area contributed by atoms with E-state index in [0.717, 1.165) is 39.4 Å². The van der Waals surface area contributed by atoms with E-state index in [1.807, 2.05) is 13.8 Å². The predicted molar refractivity (Wildman–Crippen MR) is 79.8 cm³/mol. The summed E-state index contributed by atoms with van der Waals surface area (Å²) in [6.07, 6.45) is 1.22. The van der Waals surface area contributed by atoms with Crippen LogP contribution in [0.2, 0.25) is 6.04 Å². The Morgan fingerprint density at radius 2 is 1.61 bits per heavy atom. The van der Waals surface area contributed by atoms with Crippen molar-refractivity contribution in [2.24, 2.45) is 5.73 Å². The minimum atomic E-state index is -0.261. The van der Waals surface area contributed by atoms with Crippen LogP contribution in [0.1, 0.15) is 20.3 Å². The molecule has 110 valence electrons. The summed E-state index contributed by atoms with van der Waals surface area (Å²) in [4.78, 5) is 0. The molecule has 18 heavy (non-hydrogen) atoms. The minimum Gasteiger partial charge on any atom is -0.357 e. The molecule has 0 bridgehead atoms. The van der Waals surface area contributed by atoms with Gasteiger partial charge in [-0.2, -0.15) is 0 Å². The molecule has 0 aliphatic carbocycles. The summed E-state index contributed by atoms with van der Waals surface area (Å²) in [7, 11) is -0.261. The summed E-state index contributed by atoms with van der Waals surface area (Å²) < 4.78 is 11.1. The summed E-state index contributed by atoms with van der Waals surface area (Å²) in [5.41, 5.74) is 5.38. The quantitative estimate of drug-likeness (QED) is 0.226. The Labute approximate surface area is 114 Å². The smallest absolute Gasteiger partial charge is 0.134 e. The van der Waals surface area contributed by atoms with Gasteiger partial charge in [0.25, 0.3) is 0 Å². The molecule has 0 fully saturated rings.